The molecule has 0 amide bonds. The first-order chi connectivity index (χ1) is 13.9. The van der Waals surface area contributed by atoms with Crippen LogP contribution in [0.15, 0.2) is 48.7 Å². The number of ether oxygens (including phenoxy) is 2. The zero-order valence-electron chi connectivity index (χ0n) is 16.7. The lowest BCUT2D eigenvalue weighted by molar-refractivity contribution is -0.138. The summed E-state index contributed by atoms with van der Waals surface area (Å²) >= 11 is 0. The molecule has 152 valence electrons. The third-order valence-corrected chi connectivity index (χ3v) is 4.32. The number of carboxylic acid groups (broad SMARTS) is 1. The van der Waals surface area contributed by atoms with E-state index in [1.54, 1.807) is 30.5 Å². The van der Waals surface area contributed by atoms with Crippen LogP contribution in [-0.4, -0.2) is 28.8 Å². The van der Waals surface area contributed by atoms with Crippen LogP contribution in [-0.2, 0) is 4.79 Å². The topological polar surface area (TPSA) is 107 Å². The van der Waals surface area contributed by atoms with Crippen molar-refractivity contribution in [1.82, 2.24) is 4.98 Å². The van der Waals surface area contributed by atoms with Gasteiger partial charge in [0.1, 0.15) is 5.82 Å². The average molecular weight is 395 g/mol. The first-order valence-electron chi connectivity index (χ1n) is 9.46. The molecule has 0 bridgehead atoms. The van der Waals surface area contributed by atoms with Gasteiger partial charge >= 0.3 is 5.97 Å². The maximum atomic E-state index is 12.0. The fourth-order valence-corrected chi connectivity index (χ4v) is 3.07. The molecule has 4 N–H and O–H groups in total. The number of hydrogen-bond donors (Lipinski definition) is 3. The summed E-state index contributed by atoms with van der Waals surface area (Å²) in [4.78, 5) is 16.1. The van der Waals surface area contributed by atoms with Crippen molar-refractivity contribution in [3.05, 3.63) is 54.2 Å². The molecule has 0 aliphatic carbocycles. The van der Waals surface area contributed by atoms with Gasteiger partial charge in [-0.1, -0.05) is 6.07 Å². The number of anilines is 2. The second-order valence-corrected chi connectivity index (χ2v) is 6.85. The molecule has 1 atom stereocenters. The standard InChI is InChI=1S/C22H25N3O4/c1-4-28-19-12-15(5-8-18(19)29-13(2)3)20(22(26)27)25-16-6-7-17-14(11-16)9-10-24-21(17)23/h5-13,20,25H,4H2,1-3H3,(H2,23,24)(H,26,27). The second-order valence-electron chi connectivity index (χ2n) is 6.85. The summed E-state index contributed by atoms with van der Waals surface area (Å²) < 4.78 is 11.4. The van der Waals surface area contributed by atoms with E-state index in [2.05, 4.69) is 10.3 Å². The van der Waals surface area contributed by atoms with Crippen LogP contribution in [0.5, 0.6) is 11.5 Å². The Morgan fingerprint density at radius 1 is 1.17 bits per heavy atom. The monoisotopic (exact) mass is 395 g/mol. The van der Waals surface area contributed by atoms with Crippen molar-refractivity contribution in [2.45, 2.75) is 32.9 Å². The molecule has 7 heteroatoms. The lowest BCUT2D eigenvalue weighted by Gasteiger charge is -2.20. The number of carboxylic acids is 1. The van der Waals surface area contributed by atoms with Gasteiger partial charge in [0.2, 0.25) is 0 Å². The number of pyridine rings is 1. The van der Waals surface area contributed by atoms with E-state index in [9.17, 15) is 9.90 Å². The molecule has 0 saturated carbocycles. The fraction of sp³-hybridized carbons (Fsp3) is 0.273. The number of nitrogens with one attached hydrogen (secondary N) is 1. The number of benzene rings is 2. The predicted molar refractivity (Wildman–Crippen MR) is 114 cm³/mol. The van der Waals surface area contributed by atoms with Gasteiger partial charge in [-0.2, -0.15) is 0 Å². The van der Waals surface area contributed by atoms with Gasteiger partial charge in [0, 0.05) is 17.3 Å². The van der Waals surface area contributed by atoms with Crippen LogP contribution < -0.4 is 20.5 Å². The van der Waals surface area contributed by atoms with Gasteiger partial charge in [0.15, 0.2) is 17.5 Å². The largest absolute Gasteiger partial charge is 0.490 e. The number of nitrogen functional groups attached to an aromatic ring is 1. The van der Waals surface area contributed by atoms with E-state index in [1.165, 1.54) is 0 Å². The van der Waals surface area contributed by atoms with E-state index in [0.29, 0.717) is 35.2 Å². The van der Waals surface area contributed by atoms with Gasteiger partial charge in [0.25, 0.3) is 0 Å². The molecule has 29 heavy (non-hydrogen) atoms. The Balaban J connectivity index is 1.93. The summed E-state index contributed by atoms with van der Waals surface area (Å²) in [5.74, 6) is 0.540. The van der Waals surface area contributed by atoms with Crippen LogP contribution >= 0.6 is 0 Å². The van der Waals surface area contributed by atoms with E-state index in [-0.39, 0.29) is 6.10 Å². The number of aliphatic carboxylic acids is 1. The van der Waals surface area contributed by atoms with E-state index in [0.717, 1.165) is 10.8 Å². The molecule has 0 fully saturated rings. The smallest absolute Gasteiger partial charge is 0.330 e. The van der Waals surface area contributed by atoms with Gasteiger partial charge < -0.3 is 25.6 Å². The molecule has 0 aliphatic rings. The Morgan fingerprint density at radius 3 is 2.66 bits per heavy atom. The molecule has 0 aliphatic heterocycles. The molecule has 1 aromatic heterocycles. The number of nitrogens with zero attached hydrogens (tertiary/aromatic N) is 1. The molecular weight excluding hydrogens is 370 g/mol. The van der Waals surface area contributed by atoms with Crippen LogP contribution in [0, 0.1) is 0 Å². The van der Waals surface area contributed by atoms with Gasteiger partial charge in [-0.25, -0.2) is 9.78 Å². The summed E-state index contributed by atoms with van der Waals surface area (Å²) in [6.45, 7) is 6.16. The average Bonchev–Trinajstić information content (AvgIpc) is 2.67. The van der Waals surface area contributed by atoms with Crippen LogP contribution in [0.25, 0.3) is 10.8 Å². The molecule has 0 radical (unpaired) electrons. The van der Waals surface area contributed by atoms with Crippen LogP contribution in [0.1, 0.15) is 32.4 Å². The third kappa shape index (κ3) is 4.68. The summed E-state index contributed by atoms with van der Waals surface area (Å²) in [6.07, 6.45) is 1.60. The van der Waals surface area contributed by atoms with E-state index in [4.69, 9.17) is 15.2 Å². The van der Waals surface area contributed by atoms with E-state index in [1.807, 2.05) is 39.0 Å². The first kappa shape index (κ1) is 20.3. The molecule has 0 spiro atoms. The molecule has 1 unspecified atom stereocenters. The Hall–Kier alpha value is -3.48. The van der Waals surface area contributed by atoms with Gasteiger partial charge in [-0.05, 0) is 68.1 Å². The minimum absolute atomic E-state index is 0.0204. The third-order valence-electron chi connectivity index (χ3n) is 4.32. The summed E-state index contributed by atoms with van der Waals surface area (Å²) in [6, 6.07) is 11.5. The zero-order chi connectivity index (χ0) is 21.0. The van der Waals surface area contributed by atoms with Crippen LogP contribution in [0.3, 0.4) is 0 Å². The molecule has 3 rings (SSSR count). The fourth-order valence-electron chi connectivity index (χ4n) is 3.07. The highest BCUT2D eigenvalue weighted by molar-refractivity contribution is 5.93. The van der Waals surface area contributed by atoms with Crippen molar-refractivity contribution in [2.24, 2.45) is 0 Å². The minimum atomic E-state index is -1.00. The SMILES string of the molecule is CCOc1cc(C(Nc2ccc3c(N)nccc3c2)C(=O)O)ccc1OC(C)C. The molecule has 3 aromatic rings. The van der Waals surface area contributed by atoms with Crippen molar-refractivity contribution < 1.29 is 19.4 Å². The number of aromatic nitrogens is 1. The Morgan fingerprint density at radius 2 is 1.97 bits per heavy atom. The zero-order valence-corrected chi connectivity index (χ0v) is 16.7. The molecule has 1 heterocycles. The number of hydrogen-bond acceptors (Lipinski definition) is 6. The first-order valence-corrected chi connectivity index (χ1v) is 9.46. The molecule has 7 nitrogen and oxygen atoms in total. The maximum Gasteiger partial charge on any atom is 0.330 e. The number of fused-ring (bicyclic) bond motifs is 1. The highest BCUT2D eigenvalue weighted by Crippen LogP contribution is 2.33. The summed E-state index contributed by atoms with van der Waals surface area (Å²) in [5, 5.41) is 14.6. The summed E-state index contributed by atoms with van der Waals surface area (Å²) in [5.41, 5.74) is 7.11. The quantitative estimate of drug-likeness (QED) is 0.524. The molecular formula is C22H25N3O4. The number of nitrogens with two attached hydrogens (primary N) is 1. The van der Waals surface area contributed by atoms with Crippen LogP contribution in [0.4, 0.5) is 11.5 Å². The minimum Gasteiger partial charge on any atom is -0.490 e. The molecule has 2 aromatic carbocycles. The van der Waals surface area contributed by atoms with Crippen molar-refractivity contribution in [2.75, 3.05) is 17.7 Å². The Bertz CT molecular complexity index is 1020. The number of carbonyl (C=O) groups is 1. The number of rotatable bonds is 8. The maximum absolute atomic E-state index is 12.0. The highest BCUT2D eigenvalue weighted by Gasteiger charge is 2.22. The summed E-state index contributed by atoms with van der Waals surface area (Å²) in [7, 11) is 0. The van der Waals surface area contributed by atoms with Crippen molar-refractivity contribution in [3.63, 3.8) is 0 Å². The van der Waals surface area contributed by atoms with Crippen molar-refractivity contribution >= 4 is 28.2 Å². The van der Waals surface area contributed by atoms with Crippen molar-refractivity contribution in [1.29, 1.82) is 0 Å². The second kappa shape index (κ2) is 8.68. The van der Waals surface area contributed by atoms with Crippen molar-refractivity contribution in [3.8, 4) is 11.5 Å². The predicted octanol–water partition coefficient (Wildman–Crippen LogP) is 4.24. The Kier molecular flexibility index (Phi) is 6.07. The van der Waals surface area contributed by atoms with Gasteiger partial charge in [-0.3, -0.25) is 0 Å². The molecule has 0 saturated heterocycles. The highest BCUT2D eigenvalue weighted by atomic mass is 16.5. The van der Waals surface area contributed by atoms with E-state index >= 15 is 0 Å². The lowest BCUT2D eigenvalue weighted by atomic mass is 10.0. The van der Waals surface area contributed by atoms with Gasteiger partial charge in [0.05, 0.1) is 12.7 Å². The Labute approximate surface area is 169 Å². The lowest BCUT2D eigenvalue weighted by Crippen LogP contribution is -2.20. The normalized spacial score (nSPS) is 12.0. The van der Waals surface area contributed by atoms with E-state index < -0.39 is 12.0 Å². The van der Waals surface area contributed by atoms with Crippen LogP contribution in [0.2, 0.25) is 0 Å². The van der Waals surface area contributed by atoms with Gasteiger partial charge in [-0.15, -0.1) is 0 Å².